The molecule has 0 spiro atoms. The molecule has 0 aliphatic carbocycles. The summed E-state index contributed by atoms with van der Waals surface area (Å²) < 4.78 is 0. The minimum atomic E-state index is -0.752. The number of carboxylic acids is 1. The zero-order chi connectivity index (χ0) is 11.1. The van der Waals surface area contributed by atoms with E-state index in [1.54, 1.807) is 0 Å². The summed E-state index contributed by atoms with van der Waals surface area (Å²) in [6.07, 6.45) is -0.472. The van der Waals surface area contributed by atoms with Crippen molar-refractivity contribution in [3.05, 3.63) is 0 Å². The average Bonchev–Trinajstić information content (AvgIpc) is 2.18. The molecule has 4 heteroatoms. The summed E-state index contributed by atoms with van der Waals surface area (Å²) in [5.74, 6) is -0.752. The van der Waals surface area contributed by atoms with Gasteiger partial charge in [-0.3, -0.25) is 9.80 Å². The minimum absolute atomic E-state index is 0.472. The monoisotopic (exact) mass is 202 g/mol. The third-order valence-corrected chi connectivity index (χ3v) is 2.54. The lowest BCUT2D eigenvalue weighted by atomic mass is 10.3. The van der Waals surface area contributed by atoms with Gasteiger partial charge in [-0.15, -0.1) is 0 Å². The Labute approximate surface area is 86.5 Å². The highest BCUT2D eigenvalue weighted by atomic mass is 16.4. The fourth-order valence-electron chi connectivity index (χ4n) is 1.68. The Morgan fingerprint density at radius 3 is 1.43 bits per heavy atom. The zero-order valence-corrected chi connectivity index (χ0v) is 9.66. The summed E-state index contributed by atoms with van der Waals surface area (Å²) in [6, 6.07) is 0. The highest BCUT2D eigenvalue weighted by molar-refractivity contribution is 5.73. The maximum atomic E-state index is 11.1. The fourth-order valence-corrected chi connectivity index (χ4v) is 1.68. The number of rotatable bonds is 7. The Bertz CT molecular complexity index is 154. The van der Waals surface area contributed by atoms with E-state index < -0.39 is 12.1 Å². The van der Waals surface area contributed by atoms with Crippen LogP contribution in [0.25, 0.3) is 0 Å². The second-order valence-corrected chi connectivity index (χ2v) is 3.15. The van der Waals surface area contributed by atoms with E-state index >= 15 is 0 Å². The first-order valence-electron chi connectivity index (χ1n) is 5.33. The molecule has 84 valence electrons. The van der Waals surface area contributed by atoms with Gasteiger partial charge in [-0.05, 0) is 26.2 Å². The van der Waals surface area contributed by atoms with E-state index in [4.69, 9.17) is 5.11 Å². The third-order valence-electron chi connectivity index (χ3n) is 2.54. The van der Waals surface area contributed by atoms with Gasteiger partial charge in [-0.2, -0.15) is 0 Å². The molecule has 0 saturated carbocycles. The number of aliphatic carboxylic acids is 1. The van der Waals surface area contributed by atoms with Gasteiger partial charge in [-0.1, -0.05) is 27.7 Å². The predicted octanol–water partition coefficient (Wildman–Crippen LogP) is 1.08. The first-order valence-corrected chi connectivity index (χ1v) is 5.33. The first kappa shape index (κ1) is 13.4. The van der Waals surface area contributed by atoms with Crippen molar-refractivity contribution in [2.45, 2.75) is 33.9 Å². The van der Waals surface area contributed by atoms with Crippen molar-refractivity contribution in [3.8, 4) is 0 Å². The molecule has 0 aliphatic rings. The molecule has 0 atom stereocenters. The van der Waals surface area contributed by atoms with Gasteiger partial charge >= 0.3 is 5.97 Å². The number of carboxylic acid groups (broad SMARTS) is 1. The molecule has 0 unspecified atom stereocenters. The maximum absolute atomic E-state index is 11.1. The van der Waals surface area contributed by atoms with E-state index in [2.05, 4.69) is 0 Å². The van der Waals surface area contributed by atoms with E-state index in [0.717, 1.165) is 26.2 Å². The molecule has 0 aromatic carbocycles. The molecule has 14 heavy (non-hydrogen) atoms. The molecule has 0 radical (unpaired) electrons. The number of likely N-dealkylation sites (N-methyl/N-ethyl adjacent to an activating group) is 2. The molecular weight excluding hydrogens is 180 g/mol. The van der Waals surface area contributed by atoms with Gasteiger partial charge in [0.2, 0.25) is 0 Å². The summed E-state index contributed by atoms with van der Waals surface area (Å²) in [5, 5.41) is 9.16. The van der Waals surface area contributed by atoms with Crippen LogP contribution in [-0.4, -0.2) is 53.2 Å². The Morgan fingerprint density at radius 1 is 1.00 bits per heavy atom. The van der Waals surface area contributed by atoms with Crippen LogP contribution in [0, 0.1) is 0 Å². The van der Waals surface area contributed by atoms with Crippen LogP contribution in [0.15, 0.2) is 0 Å². The van der Waals surface area contributed by atoms with Crippen LogP contribution in [-0.2, 0) is 4.79 Å². The van der Waals surface area contributed by atoms with Crippen molar-refractivity contribution >= 4 is 5.97 Å². The number of hydrogen-bond donors (Lipinski definition) is 1. The molecule has 0 bridgehead atoms. The predicted molar refractivity (Wildman–Crippen MR) is 57.3 cm³/mol. The summed E-state index contributed by atoms with van der Waals surface area (Å²) in [6.45, 7) is 11.0. The molecular formula is C10H22N2O2. The second-order valence-electron chi connectivity index (χ2n) is 3.15. The number of hydrogen-bond acceptors (Lipinski definition) is 3. The van der Waals surface area contributed by atoms with Crippen molar-refractivity contribution in [2.24, 2.45) is 0 Å². The number of nitrogens with zero attached hydrogens (tertiary/aromatic N) is 2. The van der Waals surface area contributed by atoms with E-state index in [1.165, 1.54) is 0 Å². The maximum Gasteiger partial charge on any atom is 0.336 e. The highest BCUT2D eigenvalue weighted by Gasteiger charge is 2.27. The Balaban J connectivity index is 4.62. The second kappa shape index (κ2) is 6.79. The van der Waals surface area contributed by atoms with Crippen molar-refractivity contribution in [1.82, 2.24) is 9.80 Å². The minimum Gasteiger partial charge on any atom is -0.479 e. The van der Waals surface area contributed by atoms with Crippen LogP contribution in [0.1, 0.15) is 27.7 Å². The van der Waals surface area contributed by atoms with Crippen molar-refractivity contribution in [1.29, 1.82) is 0 Å². The molecule has 0 fully saturated rings. The van der Waals surface area contributed by atoms with E-state index in [0.29, 0.717) is 0 Å². The molecule has 0 saturated heterocycles. The van der Waals surface area contributed by atoms with Gasteiger partial charge in [0.25, 0.3) is 0 Å². The quantitative estimate of drug-likeness (QED) is 0.627. The average molecular weight is 202 g/mol. The summed E-state index contributed by atoms with van der Waals surface area (Å²) in [5.41, 5.74) is 0. The highest BCUT2D eigenvalue weighted by Crippen LogP contribution is 2.06. The van der Waals surface area contributed by atoms with Crippen molar-refractivity contribution in [2.75, 3.05) is 26.2 Å². The van der Waals surface area contributed by atoms with E-state index in [9.17, 15) is 4.79 Å². The SMILES string of the molecule is CCN(CC)C(C(=O)O)N(CC)CC. The fraction of sp³-hybridized carbons (Fsp3) is 0.900. The lowest BCUT2D eigenvalue weighted by Gasteiger charge is -2.34. The smallest absolute Gasteiger partial charge is 0.336 e. The Morgan fingerprint density at radius 2 is 1.29 bits per heavy atom. The molecule has 0 aromatic rings. The van der Waals surface area contributed by atoms with Crippen LogP contribution in [0.2, 0.25) is 0 Å². The molecule has 4 nitrogen and oxygen atoms in total. The number of carbonyl (C=O) groups is 1. The van der Waals surface area contributed by atoms with Gasteiger partial charge in [-0.25, -0.2) is 4.79 Å². The van der Waals surface area contributed by atoms with Crippen LogP contribution >= 0.6 is 0 Å². The van der Waals surface area contributed by atoms with Crippen LogP contribution in [0.5, 0.6) is 0 Å². The summed E-state index contributed by atoms with van der Waals surface area (Å²) in [4.78, 5) is 15.0. The molecule has 0 amide bonds. The molecule has 0 aromatic heterocycles. The molecule has 1 N–H and O–H groups in total. The molecule has 0 aliphatic heterocycles. The van der Waals surface area contributed by atoms with E-state index in [1.807, 2.05) is 37.5 Å². The lowest BCUT2D eigenvalue weighted by Crippen LogP contribution is -2.53. The summed E-state index contributed by atoms with van der Waals surface area (Å²) >= 11 is 0. The van der Waals surface area contributed by atoms with Crippen LogP contribution < -0.4 is 0 Å². The van der Waals surface area contributed by atoms with Crippen LogP contribution in [0.4, 0.5) is 0 Å². The Kier molecular flexibility index (Phi) is 6.49. The lowest BCUT2D eigenvalue weighted by molar-refractivity contribution is -0.151. The van der Waals surface area contributed by atoms with Gasteiger partial charge in [0.15, 0.2) is 6.17 Å². The van der Waals surface area contributed by atoms with Crippen LogP contribution in [0.3, 0.4) is 0 Å². The standard InChI is InChI=1S/C10H22N2O2/c1-5-11(6-2)9(10(13)14)12(7-3)8-4/h9H,5-8H2,1-4H3,(H,13,14). The molecule has 0 rings (SSSR count). The Hall–Kier alpha value is -0.610. The normalized spacial score (nSPS) is 11.6. The summed E-state index contributed by atoms with van der Waals surface area (Å²) in [7, 11) is 0. The third kappa shape index (κ3) is 3.27. The van der Waals surface area contributed by atoms with Gasteiger partial charge < -0.3 is 5.11 Å². The first-order chi connectivity index (χ1) is 6.62. The van der Waals surface area contributed by atoms with E-state index in [-0.39, 0.29) is 0 Å². The largest absolute Gasteiger partial charge is 0.479 e. The van der Waals surface area contributed by atoms with Gasteiger partial charge in [0.05, 0.1) is 0 Å². The topological polar surface area (TPSA) is 43.8 Å². The van der Waals surface area contributed by atoms with Crippen molar-refractivity contribution < 1.29 is 9.90 Å². The zero-order valence-electron chi connectivity index (χ0n) is 9.66. The van der Waals surface area contributed by atoms with Gasteiger partial charge in [0.1, 0.15) is 0 Å². The van der Waals surface area contributed by atoms with Crippen molar-refractivity contribution in [3.63, 3.8) is 0 Å². The molecule has 0 heterocycles. The van der Waals surface area contributed by atoms with Gasteiger partial charge in [0, 0.05) is 0 Å².